The fraction of sp³-hybridized carbons (Fsp3) is 0.538. The van der Waals surface area contributed by atoms with Gasteiger partial charge in [0.25, 0.3) is 0 Å². The second-order valence-corrected chi connectivity index (χ2v) is 5.61. The molecule has 1 aliphatic rings. The normalized spacial score (nSPS) is 18.9. The van der Waals surface area contributed by atoms with Crippen molar-refractivity contribution in [1.29, 1.82) is 0 Å². The molecule has 1 aromatic rings. The molecular weight excluding hydrogens is 264 g/mol. The van der Waals surface area contributed by atoms with Crippen LogP contribution in [0.3, 0.4) is 0 Å². The summed E-state index contributed by atoms with van der Waals surface area (Å²) in [5.41, 5.74) is 0.840. The van der Waals surface area contributed by atoms with Crippen molar-refractivity contribution in [2.45, 2.75) is 25.8 Å². The van der Waals surface area contributed by atoms with Gasteiger partial charge in [-0.05, 0) is 29.9 Å². The zero-order valence-corrected chi connectivity index (χ0v) is 11.7. The van der Waals surface area contributed by atoms with E-state index < -0.39 is 12.0 Å². The van der Waals surface area contributed by atoms with Gasteiger partial charge in [0, 0.05) is 18.0 Å². The molecule has 19 heavy (non-hydrogen) atoms. The molecule has 0 spiro atoms. The standard InChI is InChI=1S/C13H18N2O3S/c1-2-5-14-11(16)8-15-6-3-10-9(4-7-19-10)12(15)13(17)18/h4,7,12H,2-3,5-6,8H2,1H3,(H,14,16)(H,17,18). The number of nitrogens with one attached hydrogen (secondary N) is 1. The van der Waals surface area contributed by atoms with Crippen LogP contribution in [0.5, 0.6) is 0 Å². The Balaban J connectivity index is 2.09. The van der Waals surface area contributed by atoms with E-state index in [9.17, 15) is 14.7 Å². The number of hydrogen-bond donors (Lipinski definition) is 2. The molecule has 0 saturated carbocycles. The number of carbonyl (C=O) groups excluding carboxylic acids is 1. The average molecular weight is 282 g/mol. The maximum absolute atomic E-state index is 11.7. The highest BCUT2D eigenvalue weighted by Crippen LogP contribution is 2.33. The predicted octanol–water partition coefficient (Wildman–Crippen LogP) is 1.26. The van der Waals surface area contributed by atoms with E-state index in [0.29, 0.717) is 13.1 Å². The van der Waals surface area contributed by atoms with Gasteiger partial charge in [0.1, 0.15) is 6.04 Å². The molecule has 1 amide bonds. The van der Waals surface area contributed by atoms with Crippen LogP contribution in [0.1, 0.15) is 29.8 Å². The van der Waals surface area contributed by atoms with Crippen LogP contribution < -0.4 is 5.32 Å². The van der Waals surface area contributed by atoms with Gasteiger partial charge in [0.05, 0.1) is 6.54 Å². The van der Waals surface area contributed by atoms with Crippen molar-refractivity contribution < 1.29 is 14.7 Å². The summed E-state index contributed by atoms with van der Waals surface area (Å²) in [5, 5.41) is 14.1. The number of thiophene rings is 1. The lowest BCUT2D eigenvalue weighted by Gasteiger charge is -2.32. The van der Waals surface area contributed by atoms with Gasteiger partial charge in [-0.1, -0.05) is 6.92 Å². The third kappa shape index (κ3) is 3.13. The van der Waals surface area contributed by atoms with Crippen LogP contribution in [0.2, 0.25) is 0 Å². The minimum absolute atomic E-state index is 0.105. The predicted molar refractivity (Wildman–Crippen MR) is 73.3 cm³/mol. The van der Waals surface area contributed by atoms with E-state index >= 15 is 0 Å². The van der Waals surface area contributed by atoms with Crippen molar-refractivity contribution >= 4 is 23.2 Å². The summed E-state index contributed by atoms with van der Waals surface area (Å²) >= 11 is 1.59. The molecule has 6 heteroatoms. The van der Waals surface area contributed by atoms with Crippen LogP contribution in [-0.2, 0) is 16.0 Å². The van der Waals surface area contributed by atoms with Crippen LogP contribution in [0.15, 0.2) is 11.4 Å². The number of carboxylic acid groups (broad SMARTS) is 1. The van der Waals surface area contributed by atoms with Crippen LogP contribution in [0.4, 0.5) is 0 Å². The van der Waals surface area contributed by atoms with Gasteiger partial charge < -0.3 is 10.4 Å². The monoisotopic (exact) mass is 282 g/mol. The molecule has 1 unspecified atom stereocenters. The Bertz CT molecular complexity index is 472. The number of hydrogen-bond acceptors (Lipinski definition) is 4. The van der Waals surface area contributed by atoms with Crippen LogP contribution in [-0.4, -0.2) is 41.5 Å². The SMILES string of the molecule is CCCNC(=O)CN1CCc2sccc2C1C(=O)O. The molecule has 0 aromatic carbocycles. The molecule has 2 rings (SSSR count). The van der Waals surface area contributed by atoms with Gasteiger partial charge in [-0.3, -0.25) is 14.5 Å². The first kappa shape index (κ1) is 14.0. The molecule has 0 aliphatic carbocycles. The Kier molecular flexibility index (Phi) is 4.55. The number of nitrogens with zero attached hydrogens (tertiary/aromatic N) is 1. The molecule has 1 aromatic heterocycles. The summed E-state index contributed by atoms with van der Waals surface area (Å²) in [4.78, 5) is 26.1. The first-order valence-corrected chi connectivity index (χ1v) is 7.31. The van der Waals surface area contributed by atoms with E-state index in [1.54, 1.807) is 16.2 Å². The zero-order chi connectivity index (χ0) is 13.8. The van der Waals surface area contributed by atoms with Gasteiger partial charge in [-0.2, -0.15) is 0 Å². The molecule has 5 nitrogen and oxygen atoms in total. The molecule has 0 bridgehead atoms. The van der Waals surface area contributed by atoms with E-state index in [2.05, 4.69) is 5.32 Å². The largest absolute Gasteiger partial charge is 0.480 e. The first-order chi connectivity index (χ1) is 9.13. The topological polar surface area (TPSA) is 69.6 Å². The summed E-state index contributed by atoms with van der Waals surface area (Å²) < 4.78 is 0. The molecule has 0 radical (unpaired) electrons. The number of rotatable bonds is 5. The number of aliphatic carboxylic acids is 1. The van der Waals surface area contributed by atoms with Crippen molar-refractivity contribution in [2.24, 2.45) is 0 Å². The molecule has 1 atom stereocenters. The minimum atomic E-state index is -0.886. The van der Waals surface area contributed by atoms with E-state index in [1.807, 2.05) is 18.4 Å². The Morgan fingerprint density at radius 3 is 3.05 bits per heavy atom. The fourth-order valence-electron chi connectivity index (χ4n) is 2.33. The number of carboxylic acids is 1. The molecule has 0 fully saturated rings. The fourth-order valence-corrected chi connectivity index (χ4v) is 3.24. The number of amides is 1. The lowest BCUT2D eigenvalue weighted by atomic mass is 10.00. The Morgan fingerprint density at radius 1 is 1.58 bits per heavy atom. The van der Waals surface area contributed by atoms with Gasteiger partial charge in [0.2, 0.25) is 5.91 Å². The molecule has 1 aliphatic heterocycles. The highest BCUT2D eigenvalue weighted by atomic mass is 32.1. The van der Waals surface area contributed by atoms with Crippen molar-refractivity contribution in [1.82, 2.24) is 10.2 Å². The quantitative estimate of drug-likeness (QED) is 0.853. The van der Waals surface area contributed by atoms with Crippen LogP contribution in [0.25, 0.3) is 0 Å². The smallest absolute Gasteiger partial charge is 0.325 e. The van der Waals surface area contributed by atoms with Gasteiger partial charge >= 0.3 is 5.97 Å². The number of carbonyl (C=O) groups is 2. The third-order valence-electron chi connectivity index (χ3n) is 3.22. The Labute approximate surface area is 116 Å². The summed E-state index contributed by atoms with van der Waals surface area (Å²) in [6.45, 7) is 3.38. The van der Waals surface area contributed by atoms with E-state index in [1.165, 1.54) is 0 Å². The average Bonchev–Trinajstić information content (AvgIpc) is 2.83. The number of fused-ring (bicyclic) bond motifs is 1. The van der Waals surface area contributed by atoms with Crippen molar-refractivity contribution in [3.63, 3.8) is 0 Å². The second-order valence-electron chi connectivity index (χ2n) is 4.61. The summed E-state index contributed by atoms with van der Waals surface area (Å²) in [5.74, 6) is -0.991. The van der Waals surface area contributed by atoms with Crippen molar-refractivity contribution in [3.05, 3.63) is 21.9 Å². The minimum Gasteiger partial charge on any atom is -0.480 e. The molecule has 2 heterocycles. The third-order valence-corrected chi connectivity index (χ3v) is 4.21. The second kappa shape index (κ2) is 6.16. The molecular formula is C13H18N2O3S. The van der Waals surface area contributed by atoms with E-state index in [-0.39, 0.29) is 12.5 Å². The lowest BCUT2D eigenvalue weighted by Crippen LogP contribution is -2.45. The van der Waals surface area contributed by atoms with E-state index in [4.69, 9.17) is 0 Å². The van der Waals surface area contributed by atoms with Crippen LogP contribution >= 0.6 is 11.3 Å². The van der Waals surface area contributed by atoms with Crippen molar-refractivity contribution in [2.75, 3.05) is 19.6 Å². The highest BCUT2D eigenvalue weighted by molar-refractivity contribution is 7.10. The van der Waals surface area contributed by atoms with Gasteiger partial charge in [-0.25, -0.2) is 0 Å². The van der Waals surface area contributed by atoms with Gasteiger partial charge in [-0.15, -0.1) is 11.3 Å². The van der Waals surface area contributed by atoms with Crippen LogP contribution in [0, 0.1) is 0 Å². The van der Waals surface area contributed by atoms with Gasteiger partial charge in [0.15, 0.2) is 0 Å². The summed E-state index contributed by atoms with van der Waals surface area (Å²) in [7, 11) is 0. The lowest BCUT2D eigenvalue weighted by molar-refractivity contribution is -0.144. The Morgan fingerprint density at radius 2 is 2.37 bits per heavy atom. The Hall–Kier alpha value is -1.40. The summed E-state index contributed by atoms with van der Waals surface area (Å²) in [6.07, 6.45) is 1.70. The molecule has 104 valence electrons. The highest BCUT2D eigenvalue weighted by Gasteiger charge is 2.34. The van der Waals surface area contributed by atoms with Crippen molar-refractivity contribution in [3.8, 4) is 0 Å². The maximum atomic E-state index is 11.7. The maximum Gasteiger partial charge on any atom is 0.325 e. The first-order valence-electron chi connectivity index (χ1n) is 6.43. The van der Waals surface area contributed by atoms with E-state index in [0.717, 1.165) is 23.3 Å². The summed E-state index contributed by atoms with van der Waals surface area (Å²) in [6, 6.07) is 1.16. The zero-order valence-electron chi connectivity index (χ0n) is 10.9. The molecule has 0 saturated heterocycles. The molecule has 2 N–H and O–H groups in total.